The van der Waals surface area contributed by atoms with Crippen molar-refractivity contribution in [2.45, 2.75) is 20.0 Å². The Balaban J connectivity index is 3.30. The van der Waals surface area contributed by atoms with E-state index in [1.54, 1.807) is 26.0 Å². The quantitative estimate of drug-likeness (QED) is 0.384. The Labute approximate surface area is 109 Å². The summed E-state index contributed by atoms with van der Waals surface area (Å²) in [6, 6.07) is 4.85. The number of alkyl halides is 3. The number of hydrogen-bond donors (Lipinski definition) is 2. The van der Waals surface area contributed by atoms with E-state index in [0.717, 1.165) is 4.90 Å². The number of amidine groups is 1. The highest BCUT2D eigenvalue weighted by Gasteiger charge is 2.31. The smallest absolute Gasteiger partial charge is 0.405 e. The van der Waals surface area contributed by atoms with Gasteiger partial charge in [0.1, 0.15) is 6.54 Å². The summed E-state index contributed by atoms with van der Waals surface area (Å²) in [6.07, 6.45) is -4.32. The van der Waals surface area contributed by atoms with E-state index < -0.39 is 12.7 Å². The number of rotatable bonds is 4. The molecule has 0 bridgehead atoms. The van der Waals surface area contributed by atoms with Gasteiger partial charge < -0.3 is 15.8 Å². The topological polar surface area (TPSA) is 61.8 Å². The van der Waals surface area contributed by atoms with Crippen molar-refractivity contribution in [1.82, 2.24) is 0 Å². The van der Waals surface area contributed by atoms with Gasteiger partial charge in [0, 0.05) is 12.1 Å². The zero-order valence-electron chi connectivity index (χ0n) is 10.7. The van der Waals surface area contributed by atoms with E-state index >= 15 is 0 Å². The third-order valence-electron chi connectivity index (χ3n) is 2.69. The Bertz CT molecular complexity index is 472. The van der Waals surface area contributed by atoms with Crippen molar-refractivity contribution in [1.29, 1.82) is 0 Å². The Morgan fingerprint density at radius 3 is 2.53 bits per heavy atom. The lowest BCUT2D eigenvalue weighted by molar-refractivity contribution is -0.119. The van der Waals surface area contributed by atoms with Crippen molar-refractivity contribution in [2.24, 2.45) is 10.9 Å². The molecule has 0 heterocycles. The molecule has 0 atom stereocenters. The third kappa shape index (κ3) is 3.77. The summed E-state index contributed by atoms with van der Waals surface area (Å²) in [5, 5.41) is 11.6. The SMILES string of the molecule is CCN(CC(F)(F)F)c1c(C)cccc1/C(N)=N/O. The van der Waals surface area contributed by atoms with Crippen molar-refractivity contribution in [3.8, 4) is 0 Å². The van der Waals surface area contributed by atoms with Crippen LogP contribution in [0.15, 0.2) is 23.4 Å². The van der Waals surface area contributed by atoms with Gasteiger partial charge in [-0.1, -0.05) is 17.3 Å². The number of aryl methyl sites for hydroxylation is 1. The second-order valence-corrected chi connectivity index (χ2v) is 4.09. The predicted octanol–water partition coefficient (Wildman–Crippen LogP) is 2.48. The number of nitrogens with two attached hydrogens (primary N) is 1. The number of oxime groups is 1. The lowest BCUT2D eigenvalue weighted by atomic mass is 10.1. The van der Waals surface area contributed by atoms with Gasteiger partial charge in [-0.2, -0.15) is 13.2 Å². The summed E-state index contributed by atoms with van der Waals surface area (Å²) in [5.41, 5.74) is 6.76. The number of hydrogen-bond acceptors (Lipinski definition) is 3. The molecule has 19 heavy (non-hydrogen) atoms. The molecule has 0 spiro atoms. The predicted molar refractivity (Wildman–Crippen MR) is 67.6 cm³/mol. The highest BCUT2D eigenvalue weighted by atomic mass is 19.4. The first kappa shape index (κ1) is 15.1. The van der Waals surface area contributed by atoms with E-state index in [1.165, 1.54) is 6.07 Å². The third-order valence-corrected chi connectivity index (χ3v) is 2.69. The monoisotopic (exact) mass is 275 g/mol. The van der Waals surface area contributed by atoms with Crippen molar-refractivity contribution < 1.29 is 18.4 Å². The van der Waals surface area contributed by atoms with Crippen LogP contribution in [0.4, 0.5) is 18.9 Å². The summed E-state index contributed by atoms with van der Waals surface area (Å²) >= 11 is 0. The molecule has 0 saturated carbocycles. The first-order valence-electron chi connectivity index (χ1n) is 5.69. The summed E-state index contributed by atoms with van der Waals surface area (Å²) in [5.74, 6) is -0.209. The molecule has 0 aromatic heterocycles. The van der Waals surface area contributed by atoms with E-state index in [4.69, 9.17) is 10.9 Å². The van der Waals surface area contributed by atoms with Crippen LogP contribution in [0.2, 0.25) is 0 Å². The minimum atomic E-state index is -4.32. The van der Waals surface area contributed by atoms with Crippen LogP contribution >= 0.6 is 0 Å². The van der Waals surface area contributed by atoms with E-state index in [1.807, 2.05) is 0 Å². The van der Waals surface area contributed by atoms with E-state index in [-0.39, 0.29) is 17.9 Å². The van der Waals surface area contributed by atoms with Crippen LogP contribution < -0.4 is 10.6 Å². The second-order valence-electron chi connectivity index (χ2n) is 4.09. The molecular weight excluding hydrogens is 259 g/mol. The van der Waals surface area contributed by atoms with Crippen LogP contribution in [-0.2, 0) is 0 Å². The van der Waals surface area contributed by atoms with Gasteiger partial charge in [0.05, 0.1) is 5.69 Å². The first-order valence-corrected chi connectivity index (χ1v) is 5.69. The minimum absolute atomic E-state index is 0.163. The molecule has 0 aliphatic carbocycles. The number of benzene rings is 1. The van der Waals surface area contributed by atoms with Crippen LogP contribution in [0, 0.1) is 6.92 Å². The molecule has 3 N–H and O–H groups in total. The highest BCUT2D eigenvalue weighted by Crippen LogP contribution is 2.28. The zero-order chi connectivity index (χ0) is 14.6. The van der Waals surface area contributed by atoms with Gasteiger partial charge in [-0.05, 0) is 25.5 Å². The summed E-state index contributed by atoms with van der Waals surface area (Å²) in [6.45, 7) is 2.38. The maximum atomic E-state index is 12.6. The fraction of sp³-hybridized carbons (Fsp3) is 0.417. The molecule has 1 aromatic rings. The Hall–Kier alpha value is -1.92. The molecule has 0 fully saturated rings. The molecule has 0 unspecified atom stereocenters. The Morgan fingerprint density at radius 1 is 1.42 bits per heavy atom. The van der Waals surface area contributed by atoms with Gasteiger partial charge in [-0.15, -0.1) is 0 Å². The van der Waals surface area contributed by atoms with E-state index in [9.17, 15) is 13.2 Å². The van der Waals surface area contributed by atoms with Gasteiger partial charge in [0.25, 0.3) is 0 Å². The molecule has 1 aromatic carbocycles. The fourth-order valence-electron chi connectivity index (χ4n) is 1.90. The van der Waals surface area contributed by atoms with E-state index in [0.29, 0.717) is 11.3 Å². The first-order chi connectivity index (χ1) is 8.80. The molecule has 106 valence electrons. The summed E-state index contributed by atoms with van der Waals surface area (Å²) in [7, 11) is 0. The second kappa shape index (κ2) is 5.81. The lowest BCUT2D eigenvalue weighted by Crippen LogP contribution is -2.36. The minimum Gasteiger partial charge on any atom is -0.409 e. The number of para-hydroxylation sites is 1. The summed E-state index contributed by atoms with van der Waals surface area (Å²) < 4.78 is 37.7. The van der Waals surface area contributed by atoms with Crippen molar-refractivity contribution in [3.63, 3.8) is 0 Å². The van der Waals surface area contributed by atoms with Crippen LogP contribution in [0.1, 0.15) is 18.1 Å². The Kier molecular flexibility index (Phi) is 4.63. The highest BCUT2D eigenvalue weighted by molar-refractivity contribution is 6.02. The fourth-order valence-corrected chi connectivity index (χ4v) is 1.90. The molecule has 0 radical (unpaired) electrons. The Morgan fingerprint density at radius 2 is 2.05 bits per heavy atom. The molecule has 0 amide bonds. The maximum absolute atomic E-state index is 12.6. The average Bonchev–Trinajstić information content (AvgIpc) is 2.34. The molecule has 7 heteroatoms. The molecule has 4 nitrogen and oxygen atoms in total. The van der Waals surface area contributed by atoms with Gasteiger partial charge in [-0.3, -0.25) is 0 Å². The van der Waals surface area contributed by atoms with Crippen molar-refractivity contribution >= 4 is 11.5 Å². The molecule has 1 rings (SSSR count). The van der Waals surface area contributed by atoms with Crippen LogP contribution in [0.3, 0.4) is 0 Å². The number of halogens is 3. The maximum Gasteiger partial charge on any atom is 0.405 e. The number of anilines is 1. The van der Waals surface area contributed by atoms with Crippen molar-refractivity contribution in [2.75, 3.05) is 18.0 Å². The normalized spacial score (nSPS) is 12.6. The van der Waals surface area contributed by atoms with E-state index in [2.05, 4.69) is 5.16 Å². The summed E-state index contributed by atoms with van der Waals surface area (Å²) in [4.78, 5) is 1.16. The molecule has 0 aliphatic heterocycles. The van der Waals surface area contributed by atoms with Gasteiger partial charge >= 0.3 is 6.18 Å². The lowest BCUT2D eigenvalue weighted by Gasteiger charge is -2.28. The van der Waals surface area contributed by atoms with Gasteiger partial charge in [0.15, 0.2) is 5.84 Å². The van der Waals surface area contributed by atoms with Gasteiger partial charge in [-0.25, -0.2) is 0 Å². The van der Waals surface area contributed by atoms with Gasteiger partial charge in [0.2, 0.25) is 0 Å². The van der Waals surface area contributed by atoms with Crippen LogP contribution in [-0.4, -0.2) is 30.3 Å². The van der Waals surface area contributed by atoms with Crippen LogP contribution in [0.25, 0.3) is 0 Å². The zero-order valence-corrected chi connectivity index (χ0v) is 10.7. The van der Waals surface area contributed by atoms with Crippen LogP contribution in [0.5, 0.6) is 0 Å². The average molecular weight is 275 g/mol. The van der Waals surface area contributed by atoms with Crippen molar-refractivity contribution in [3.05, 3.63) is 29.3 Å². The molecular formula is C12H16F3N3O. The molecule has 0 saturated heterocycles. The molecule has 0 aliphatic rings. The number of nitrogens with zero attached hydrogens (tertiary/aromatic N) is 2. The largest absolute Gasteiger partial charge is 0.409 e. The standard InChI is InChI=1S/C12H16F3N3O/c1-3-18(7-12(13,14)15)10-8(2)5-4-6-9(10)11(16)17-19/h4-6,19H,3,7H2,1-2H3,(H2,16,17).